The van der Waals surface area contributed by atoms with E-state index >= 15 is 0 Å². The fourth-order valence-electron chi connectivity index (χ4n) is 4.97. The van der Waals surface area contributed by atoms with Crippen molar-refractivity contribution < 1.29 is 19.7 Å². The smallest absolute Gasteiger partial charge is 0.309 e. The van der Waals surface area contributed by atoms with Gasteiger partial charge in [0.2, 0.25) is 0 Å². The van der Waals surface area contributed by atoms with Gasteiger partial charge in [-0.15, -0.1) is 0 Å². The van der Waals surface area contributed by atoms with E-state index in [-0.39, 0.29) is 17.8 Å². The van der Waals surface area contributed by atoms with E-state index < -0.39 is 17.8 Å². The number of hydrogen-bond donors (Lipinski definition) is 2. The lowest BCUT2D eigenvalue weighted by molar-refractivity contribution is -0.168. The zero-order valence-corrected chi connectivity index (χ0v) is 15.3. The molecule has 4 nitrogen and oxygen atoms in total. The van der Waals surface area contributed by atoms with Crippen molar-refractivity contribution in [2.45, 2.75) is 84.5 Å². The molecule has 0 amide bonds. The van der Waals surface area contributed by atoms with Crippen LogP contribution in [0.2, 0.25) is 0 Å². The molecular weight excluding hydrogens is 292 g/mol. The molecule has 4 heteroatoms. The van der Waals surface area contributed by atoms with E-state index in [2.05, 4.69) is 13.8 Å². The van der Waals surface area contributed by atoms with Crippen molar-refractivity contribution >= 4 is 5.97 Å². The number of aliphatic hydroxyl groups is 2. The molecule has 0 spiro atoms. The first kappa shape index (κ1) is 18.7. The summed E-state index contributed by atoms with van der Waals surface area (Å²) in [6.45, 7) is 9.98. The van der Waals surface area contributed by atoms with Gasteiger partial charge in [0.15, 0.2) is 0 Å². The molecule has 0 saturated heterocycles. The third-order valence-corrected chi connectivity index (χ3v) is 5.87. The molecule has 2 rings (SSSR count). The van der Waals surface area contributed by atoms with Crippen LogP contribution in [0.5, 0.6) is 0 Å². The van der Waals surface area contributed by atoms with Crippen LogP contribution in [0, 0.1) is 29.6 Å². The number of rotatable bonds is 3. The molecule has 0 aromatic heterocycles. The molecule has 0 radical (unpaired) electrons. The van der Waals surface area contributed by atoms with Crippen molar-refractivity contribution in [3.8, 4) is 0 Å². The molecule has 7 unspecified atom stereocenters. The molecule has 7 atom stereocenters. The molecule has 0 heterocycles. The highest BCUT2D eigenvalue weighted by atomic mass is 16.6. The molecular formula is C19H34O4. The van der Waals surface area contributed by atoms with Gasteiger partial charge < -0.3 is 14.9 Å². The van der Waals surface area contributed by atoms with Crippen LogP contribution in [0.25, 0.3) is 0 Å². The Bertz CT molecular complexity index is 414. The fourth-order valence-corrected chi connectivity index (χ4v) is 4.97. The van der Waals surface area contributed by atoms with E-state index in [0.717, 1.165) is 25.7 Å². The molecule has 0 aliphatic heterocycles. The van der Waals surface area contributed by atoms with Gasteiger partial charge in [-0.05, 0) is 63.7 Å². The first-order valence-electron chi connectivity index (χ1n) is 9.26. The maximum Gasteiger partial charge on any atom is 0.309 e. The summed E-state index contributed by atoms with van der Waals surface area (Å²) in [6, 6.07) is 0. The van der Waals surface area contributed by atoms with Gasteiger partial charge in [0, 0.05) is 0 Å². The Morgan fingerprint density at radius 2 is 1.74 bits per heavy atom. The van der Waals surface area contributed by atoms with E-state index in [0.29, 0.717) is 24.2 Å². The van der Waals surface area contributed by atoms with Crippen LogP contribution in [0.15, 0.2) is 0 Å². The lowest BCUT2D eigenvalue weighted by atomic mass is 9.56. The Kier molecular flexibility index (Phi) is 5.78. The maximum absolute atomic E-state index is 12.5. The van der Waals surface area contributed by atoms with Crippen molar-refractivity contribution in [2.75, 3.05) is 0 Å². The first-order chi connectivity index (χ1) is 10.7. The second-order valence-corrected chi connectivity index (χ2v) is 8.57. The molecule has 0 aromatic rings. The lowest BCUT2D eigenvalue weighted by Gasteiger charge is -2.51. The predicted octanol–water partition coefficient (Wildman–Crippen LogP) is 3.15. The van der Waals surface area contributed by atoms with Crippen molar-refractivity contribution in [1.82, 2.24) is 0 Å². The Labute approximate surface area is 140 Å². The van der Waals surface area contributed by atoms with E-state index in [1.807, 2.05) is 20.8 Å². The highest BCUT2D eigenvalue weighted by Crippen LogP contribution is 2.51. The van der Waals surface area contributed by atoms with Gasteiger partial charge >= 0.3 is 5.97 Å². The summed E-state index contributed by atoms with van der Waals surface area (Å²) < 4.78 is 5.60. The van der Waals surface area contributed by atoms with Crippen LogP contribution < -0.4 is 0 Å². The summed E-state index contributed by atoms with van der Waals surface area (Å²) in [6.07, 6.45) is 2.87. The second kappa shape index (κ2) is 7.10. The lowest BCUT2D eigenvalue weighted by Crippen LogP contribution is -2.52. The summed E-state index contributed by atoms with van der Waals surface area (Å²) in [4.78, 5) is 12.5. The van der Waals surface area contributed by atoms with Gasteiger partial charge in [-0.3, -0.25) is 4.79 Å². The van der Waals surface area contributed by atoms with E-state index in [4.69, 9.17) is 4.74 Å². The Morgan fingerprint density at radius 3 is 2.26 bits per heavy atom. The van der Waals surface area contributed by atoms with Crippen LogP contribution in [-0.4, -0.2) is 34.0 Å². The largest absolute Gasteiger partial charge is 0.460 e. The van der Waals surface area contributed by atoms with Crippen LogP contribution in [-0.2, 0) is 9.53 Å². The monoisotopic (exact) mass is 326 g/mol. The molecule has 2 saturated carbocycles. The number of carbonyl (C=O) groups excluding carboxylic acids is 1. The van der Waals surface area contributed by atoms with Gasteiger partial charge in [0.05, 0.1) is 18.1 Å². The number of carbonyl (C=O) groups is 1. The Hall–Kier alpha value is -0.610. The summed E-state index contributed by atoms with van der Waals surface area (Å²) >= 11 is 0. The number of fused-ring (bicyclic) bond motifs is 1. The standard InChI is InChI=1S/C19H34O4/c1-6-11-8-13(18(22)23-19(3,4)5)9-12-10-15(20)17(21)14(7-2)16(11)12/h11-17,20-21H,6-10H2,1-5H3. The van der Waals surface area contributed by atoms with Crippen LogP contribution in [0.3, 0.4) is 0 Å². The summed E-state index contributed by atoms with van der Waals surface area (Å²) in [5.74, 6) is 1.15. The second-order valence-electron chi connectivity index (χ2n) is 8.57. The van der Waals surface area contributed by atoms with Crippen LogP contribution >= 0.6 is 0 Å². The Balaban J connectivity index is 2.16. The normalized spacial score (nSPS) is 41.3. The first-order valence-corrected chi connectivity index (χ1v) is 9.26. The maximum atomic E-state index is 12.5. The van der Waals surface area contributed by atoms with E-state index in [9.17, 15) is 15.0 Å². The van der Waals surface area contributed by atoms with Crippen LogP contribution in [0.1, 0.15) is 66.7 Å². The number of esters is 1. The molecule has 0 aromatic carbocycles. The Morgan fingerprint density at radius 1 is 1.09 bits per heavy atom. The van der Waals surface area contributed by atoms with Gasteiger partial charge in [-0.2, -0.15) is 0 Å². The predicted molar refractivity (Wildman–Crippen MR) is 89.7 cm³/mol. The zero-order chi connectivity index (χ0) is 17.4. The fraction of sp³-hybridized carbons (Fsp3) is 0.947. The minimum absolute atomic E-state index is 0.0691. The summed E-state index contributed by atoms with van der Waals surface area (Å²) in [5.41, 5.74) is -0.454. The number of aliphatic hydroxyl groups excluding tert-OH is 2. The van der Waals surface area contributed by atoms with Gasteiger partial charge in [-0.1, -0.05) is 26.7 Å². The molecule has 2 aliphatic carbocycles. The summed E-state index contributed by atoms with van der Waals surface area (Å²) in [7, 11) is 0. The average molecular weight is 326 g/mol. The van der Waals surface area contributed by atoms with Crippen molar-refractivity contribution in [2.24, 2.45) is 29.6 Å². The van der Waals surface area contributed by atoms with E-state index in [1.54, 1.807) is 0 Å². The molecule has 2 aliphatic rings. The van der Waals surface area contributed by atoms with Crippen LogP contribution in [0.4, 0.5) is 0 Å². The topological polar surface area (TPSA) is 66.8 Å². The van der Waals surface area contributed by atoms with Crippen molar-refractivity contribution in [3.05, 3.63) is 0 Å². The van der Waals surface area contributed by atoms with Gasteiger partial charge in [0.1, 0.15) is 5.60 Å². The SMILES string of the molecule is CCC1CC(C(=O)OC(C)(C)C)CC2CC(O)C(O)C(CC)C12. The highest BCUT2D eigenvalue weighted by molar-refractivity contribution is 5.73. The molecule has 2 fully saturated rings. The average Bonchev–Trinajstić information content (AvgIpc) is 2.45. The summed E-state index contributed by atoms with van der Waals surface area (Å²) in [5, 5.41) is 20.6. The highest BCUT2D eigenvalue weighted by Gasteiger charge is 2.50. The third-order valence-electron chi connectivity index (χ3n) is 5.87. The minimum atomic E-state index is -0.656. The van der Waals surface area contributed by atoms with Gasteiger partial charge in [0.25, 0.3) is 0 Å². The minimum Gasteiger partial charge on any atom is -0.460 e. The quantitative estimate of drug-likeness (QED) is 0.782. The van der Waals surface area contributed by atoms with E-state index in [1.165, 1.54) is 0 Å². The number of hydrogen-bond acceptors (Lipinski definition) is 4. The molecule has 134 valence electrons. The zero-order valence-electron chi connectivity index (χ0n) is 15.3. The van der Waals surface area contributed by atoms with Crippen molar-refractivity contribution in [1.29, 1.82) is 0 Å². The molecule has 23 heavy (non-hydrogen) atoms. The number of ether oxygens (including phenoxy) is 1. The van der Waals surface area contributed by atoms with Crippen molar-refractivity contribution in [3.63, 3.8) is 0 Å². The molecule has 2 N–H and O–H groups in total. The van der Waals surface area contributed by atoms with Gasteiger partial charge in [-0.25, -0.2) is 0 Å². The molecule has 0 bridgehead atoms. The third kappa shape index (κ3) is 4.08.